The van der Waals surface area contributed by atoms with Crippen molar-refractivity contribution in [3.05, 3.63) is 0 Å². The highest BCUT2D eigenvalue weighted by Gasteiger charge is 2.34. The molecule has 1 aliphatic rings. The number of alkyl halides is 1. The van der Waals surface area contributed by atoms with Gasteiger partial charge < -0.3 is 10.0 Å². The van der Waals surface area contributed by atoms with E-state index in [0.29, 0.717) is 18.8 Å². The lowest BCUT2D eigenvalue weighted by atomic mass is 9.94. The van der Waals surface area contributed by atoms with Gasteiger partial charge in [-0.05, 0) is 40.0 Å². The average molecular weight is 248 g/mol. The van der Waals surface area contributed by atoms with Crippen molar-refractivity contribution in [3.8, 4) is 0 Å². The molecule has 0 spiro atoms. The van der Waals surface area contributed by atoms with Crippen molar-refractivity contribution in [2.24, 2.45) is 5.41 Å². The summed E-state index contributed by atoms with van der Waals surface area (Å²) in [7, 11) is 0. The van der Waals surface area contributed by atoms with Crippen LogP contribution in [0.15, 0.2) is 0 Å². The molecular formula is C12H22ClNO2. The van der Waals surface area contributed by atoms with Gasteiger partial charge in [0.05, 0.1) is 11.0 Å². The van der Waals surface area contributed by atoms with E-state index < -0.39 is 11.0 Å². The van der Waals surface area contributed by atoms with Crippen molar-refractivity contribution in [1.29, 1.82) is 0 Å². The van der Waals surface area contributed by atoms with E-state index in [1.54, 1.807) is 0 Å². The van der Waals surface area contributed by atoms with Crippen molar-refractivity contribution < 1.29 is 9.90 Å². The van der Waals surface area contributed by atoms with Crippen LogP contribution < -0.4 is 0 Å². The van der Waals surface area contributed by atoms with Crippen LogP contribution in [0.1, 0.15) is 40.0 Å². The van der Waals surface area contributed by atoms with Crippen LogP contribution in [-0.2, 0) is 4.79 Å². The lowest BCUT2D eigenvalue weighted by molar-refractivity contribution is -0.139. The summed E-state index contributed by atoms with van der Waals surface area (Å²) in [6.07, 6.45) is 2.27. The van der Waals surface area contributed by atoms with Crippen LogP contribution in [0.4, 0.5) is 0 Å². The van der Waals surface area contributed by atoms with Crippen LogP contribution >= 0.6 is 11.6 Å². The minimum atomic E-state index is -0.625. The van der Waals surface area contributed by atoms with Gasteiger partial charge in [-0.1, -0.05) is 0 Å². The van der Waals surface area contributed by atoms with Gasteiger partial charge in [0.2, 0.25) is 5.91 Å². The fraction of sp³-hybridized carbons (Fsp3) is 0.917. The minimum Gasteiger partial charge on any atom is -0.390 e. The first-order valence-corrected chi connectivity index (χ1v) is 6.40. The number of aliphatic hydroxyl groups is 1. The van der Waals surface area contributed by atoms with Crippen LogP contribution in [0.3, 0.4) is 0 Å². The molecular weight excluding hydrogens is 226 g/mol. The highest BCUT2D eigenvalue weighted by molar-refractivity contribution is 6.19. The molecule has 94 valence electrons. The zero-order valence-corrected chi connectivity index (χ0v) is 11.2. The number of amides is 1. The molecule has 1 saturated heterocycles. The maximum Gasteiger partial charge on any atom is 0.229 e. The number of halogens is 1. The molecule has 16 heavy (non-hydrogen) atoms. The predicted octanol–water partition coefficient (Wildman–Crippen LogP) is 2.01. The third kappa shape index (κ3) is 3.36. The second kappa shape index (κ2) is 4.92. The Hall–Kier alpha value is -0.280. The maximum atomic E-state index is 12.2. The summed E-state index contributed by atoms with van der Waals surface area (Å²) in [5.41, 5.74) is -1.13. The molecule has 4 heteroatoms. The maximum absolute atomic E-state index is 12.2. The monoisotopic (exact) mass is 247 g/mol. The molecule has 0 aromatic carbocycles. The van der Waals surface area contributed by atoms with E-state index in [2.05, 4.69) is 0 Å². The highest BCUT2D eigenvalue weighted by atomic mass is 35.5. The van der Waals surface area contributed by atoms with Gasteiger partial charge in [0.1, 0.15) is 0 Å². The second-order valence-corrected chi connectivity index (χ2v) is 5.93. The summed E-state index contributed by atoms with van der Waals surface area (Å²) < 4.78 is 0. The third-order valence-corrected chi connectivity index (χ3v) is 3.93. The molecule has 0 saturated carbocycles. The zero-order valence-electron chi connectivity index (χ0n) is 10.4. The number of carbonyl (C=O) groups is 1. The molecule has 1 fully saturated rings. The molecule has 0 bridgehead atoms. The third-order valence-electron chi connectivity index (χ3n) is 3.26. The van der Waals surface area contributed by atoms with Gasteiger partial charge in [0.25, 0.3) is 0 Å². The summed E-state index contributed by atoms with van der Waals surface area (Å²) >= 11 is 5.81. The lowest BCUT2D eigenvalue weighted by Crippen LogP contribution is -2.42. The first kappa shape index (κ1) is 13.8. The van der Waals surface area contributed by atoms with Crippen molar-refractivity contribution in [2.75, 3.05) is 19.0 Å². The summed E-state index contributed by atoms with van der Waals surface area (Å²) in [4.78, 5) is 14.0. The number of carbonyl (C=O) groups excluding carboxylic acids is 1. The van der Waals surface area contributed by atoms with Gasteiger partial charge in [0.15, 0.2) is 0 Å². The van der Waals surface area contributed by atoms with Crippen LogP contribution in [0, 0.1) is 5.41 Å². The van der Waals surface area contributed by atoms with Crippen molar-refractivity contribution in [2.45, 2.75) is 45.6 Å². The normalized spacial score (nSPS) is 27.7. The number of nitrogens with zero attached hydrogens (tertiary/aromatic N) is 1. The Morgan fingerprint density at radius 1 is 1.44 bits per heavy atom. The minimum absolute atomic E-state index is 0.0974. The van der Waals surface area contributed by atoms with Gasteiger partial charge in [-0.25, -0.2) is 0 Å². The fourth-order valence-electron chi connectivity index (χ4n) is 1.95. The van der Waals surface area contributed by atoms with Gasteiger partial charge in [-0.2, -0.15) is 0 Å². The van der Waals surface area contributed by atoms with Gasteiger partial charge in [0, 0.05) is 19.0 Å². The van der Waals surface area contributed by atoms with Crippen LogP contribution in [0.2, 0.25) is 0 Å². The fourth-order valence-corrected chi connectivity index (χ4v) is 2.07. The SMILES string of the molecule is CC1(O)CCCN(C(=O)C(C)(C)CCl)CC1. The number of hydrogen-bond acceptors (Lipinski definition) is 2. The number of likely N-dealkylation sites (tertiary alicyclic amines) is 1. The standard InChI is InChI=1S/C12H22ClNO2/c1-11(2,9-13)10(15)14-7-4-5-12(3,16)6-8-14/h16H,4-9H2,1-3H3. The molecule has 0 aromatic heterocycles. The van der Waals surface area contributed by atoms with Crippen molar-refractivity contribution in [1.82, 2.24) is 4.90 Å². The van der Waals surface area contributed by atoms with E-state index in [1.807, 2.05) is 25.7 Å². The Balaban J connectivity index is 2.65. The number of hydrogen-bond donors (Lipinski definition) is 1. The van der Waals surface area contributed by atoms with Crippen LogP contribution in [0.25, 0.3) is 0 Å². The zero-order chi connectivity index (χ0) is 12.4. The Morgan fingerprint density at radius 3 is 2.62 bits per heavy atom. The van der Waals surface area contributed by atoms with Gasteiger partial charge in [-0.3, -0.25) is 4.79 Å². The van der Waals surface area contributed by atoms with E-state index >= 15 is 0 Å². The summed E-state index contributed by atoms with van der Waals surface area (Å²) in [6.45, 7) is 6.94. The smallest absolute Gasteiger partial charge is 0.229 e. The van der Waals surface area contributed by atoms with Crippen LogP contribution in [0.5, 0.6) is 0 Å². The first-order chi connectivity index (χ1) is 7.28. The topological polar surface area (TPSA) is 40.5 Å². The Labute approximate surface area is 103 Å². The quantitative estimate of drug-likeness (QED) is 0.759. The van der Waals surface area contributed by atoms with Crippen LogP contribution in [-0.4, -0.2) is 40.5 Å². The van der Waals surface area contributed by atoms with E-state index in [9.17, 15) is 9.90 Å². The molecule has 1 rings (SSSR count). The molecule has 1 heterocycles. The van der Waals surface area contributed by atoms with E-state index in [4.69, 9.17) is 11.6 Å². The molecule has 0 aliphatic carbocycles. The lowest BCUT2D eigenvalue weighted by Gasteiger charge is -2.30. The first-order valence-electron chi connectivity index (χ1n) is 5.86. The summed E-state index contributed by atoms with van der Waals surface area (Å²) in [6, 6.07) is 0. The molecule has 3 nitrogen and oxygen atoms in total. The molecule has 1 N–H and O–H groups in total. The molecule has 1 atom stereocenters. The van der Waals surface area contributed by atoms with E-state index in [1.165, 1.54) is 0 Å². The van der Waals surface area contributed by atoms with E-state index in [-0.39, 0.29) is 5.91 Å². The summed E-state index contributed by atoms with van der Waals surface area (Å²) in [5.74, 6) is 0.429. The second-order valence-electron chi connectivity index (χ2n) is 5.66. The highest BCUT2D eigenvalue weighted by Crippen LogP contribution is 2.26. The molecule has 0 radical (unpaired) electrons. The van der Waals surface area contributed by atoms with Gasteiger partial charge in [-0.15, -0.1) is 11.6 Å². The van der Waals surface area contributed by atoms with Crippen molar-refractivity contribution >= 4 is 17.5 Å². The largest absolute Gasteiger partial charge is 0.390 e. The molecule has 1 amide bonds. The van der Waals surface area contributed by atoms with Gasteiger partial charge >= 0.3 is 0 Å². The average Bonchev–Trinajstić information content (AvgIpc) is 2.38. The summed E-state index contributed by atoms with van der Waals surface area (Å²) in [5, 5.41) is 9.95. The van der Waals surface area contributed by atoms with E-state index in [0.717, 1.165) is 19.4 Å². The molecule has 1 aliphatic heterocycles. The Morgan fingerprint density at radius 2 is 2.06 bits per heavy atom. The predicted molar refractivity (Wildman–Crippen MR) is 65.6 cm³/mol. The Bertz CT molecular complexity index is 264. The molecule has 0 aromatic rings. The Kier molecular flexibility index (Phi) is 4.24. The molecule has 1 unspecified atom stereocenters. The van der Waals surface area contributed by atoms with Crippen molar-refractivity contribution in [3.63, 3.8) is 0 Å². The number of rotatable bonds is 2.